The first kappa shape index (κ1) is 9.86. The van der Waals surface area contributed by atoms with Crippen molar-refractivity contribution in [3.63, 3.8) is 0 Å². The van der Waals surface area contributed by atoms with Crippen molar-refractivity contribution in [1.29, 1.82) is 0 Å². The summed E-state index contributed by atoms with van der Waals surface area (Å²) in [5.74, 6) is 1.37. The van der Waals surface area contributed by atoms with E-state index in [0.29, 0.717) is 17.9 Å². The lowest BCUT2D eigenvalue weighted by molar-refractivity contribution is 0.197. The molecule has 0 saturated carbocycles. The van der Waals surface area contributed by atoms with Crippen LogP contribution in [0.1, 0.15) is 5.56 Å². The lowest BCUT2D eigenvalue weighted by Gasteiger charge is -2.08. The minimum atomic E-state index is -0.102. The molecule has 3 nitrogen and oxygen atoms in total. The van der Waals surface area contributed by atoms with Gasteiger partial charge in [-0.15, -0.1) is 0 Å². The Labute approximate surface area is 77.9 Å². The number of methoxy groups -OCH3 is 2. The molecule has 1 rings (SSSR count). The van der Waals surface area contributed by atoms with Gasteiger partial charge in [-0.1, -0.05) is 6.07 Å². The van der Waals surface area contributed by atoms with Gasteiger partial charge in [0.25, 0.3) is 0 Å². The Kier molecular flexibility index (Phi) is 3.58. The molecule has 0 heterocycles. The molecule has 0 aliphatic carbocycles. The number of benzene rings is 1. The van der Waals surface area contributed by atoms with E-state index in [1.165, 1.54) is 0 Å². The summed E-state index contributed by atoms with van der Waals surface area (Å²) in [7, 11) is 3.17. The Morgan fingerprint density at radius 2 is 1.85 bits per heavy atom. The molecule has 0 aliphatic rings. The number of ether oxygens (including phenoxy) is 2. The van der Waals surface area contributed by atoms with E-state index in [0.717, 1.165) is 5.56 Å². The Balaban J connectivity index is 2.91. The largest absolute Gasteiger partial charge is 0.493 e. The first-order valence-corrected chi connectivity index (χ1v) is 4.11. The second kappa shape index (κ2) is 4.72. The maximum Gasteiger partial charge on any atom is 0.160 e. The maximum atomic E-state index is 10.4. The van der Waals surface area contributed by atoms with E-state index in [4.69, 9.17) is 9.47 Å². The van der Waals surface area contributed by atoms with Crippen LogP contribution in [-0.2, 0) is 11.5 Å². The van der Waals surface area contributed by atoms with Crippen molar-refractivity contribution in [1.82, 2.24) is 0 Å². The third-order valence-electron chi connectivity index (χ3n) is 1.84. The van der Waals surface area contributed by atoms with Crippen molar-refractivity contribution in [2.45, 2.75) is 6.42 Å². The summed E-state index contributed by atoms with van der Waals surface area (Å²) in [6, 6.07) is 5.51. The highest BCUT2D eigenvalue weighted by Gasteiger charge is 2.03. The Hall–Kier alpha value is -1.22. The standard InChI is InChI=1S/C10H13O3/c1-12-9-4-3-8(5-6-11)7-10(9)13-2/h3-4,7H,5-6H2,1-2H3. The van der Waals surface area contributed by atoms with Gasteiger partial charge in [-0.3, -0.25) is 0 Å². The highest BCUT2D eigenvalue weighted by Crippen LogP contribution is 2.27. The molecule has 0 aromatic heterocycles. The van der Waals surface area contributed by atoms with E-state index in [9.17, 15) is 5.11 Å². The lowest BCUT2D eigenvalue weighted by atomic mass is 10.1. The second-order valence-electron chi connectivity index (χ2n) is 2.64. The molecule has 1 radical (unpaired) electrons. The van der Waals surface area contributed by atoms with E-state index >= 15 is 0 Å². The molecule has 0 bridgehead atoms. The molecule has 0 saturated heterocycles. The van der Waals surface area contributed by atoms with E-state index in [-0.39, 0.29) is 6.61 Å². The van der Waals surface area contributed by atoms with Crippen LogP contribution >= 0.6 is 0 Å². The summed E-state index contributed by atoms with van der Waals surface area (Å²) in [5, 5.41) is 10.4. The van der Waals surface area contributed by atoms with Gasteiger partial charge < -0.3 is 9.47 Å². The number of hydrogen-bond donors (Lipinski definition) is 0. The minimum Gasteiger partial charge on any atom is -0.493 e. The maximum absolute atomic E-state index is 10.4. The molecular formula is C10H13O3. The van der Waals surface area contributed by atoms with Crippen molar-refractivity contribution in [3.8, 4) is 11.5 Å². The van der Waals surface area contributed by atoms with Crippen molar-refractivity contribution < 1.29 is 14.6 Å². The monoisotopic (exact) mass is 181 g/mol. The van der Waals surface area contributed by atoms with E-state index in [1.807, 2.05) is 18.2 Å². The zero-order valence-corrected chi connectivity index (χ0v) is 7.87. The summed E-state index contributed by atoms with van der Waals surface area (Å²) >= 11 is 0. The average Bonchev–Trinajstić information content (AvgIpc) is 2.18. The molecule has 1 aromatic carbocycles. The van der Waals surface area contributed by atoms with Crippen molar-refractivity contribution >= 4 is 0 Å². The van der Waals surface area contributed by atoms with Gasteiger partial charge >= 0.3 is 0 Å². The van der Waals surface area contributed by atoms with Gasteiger partial charge in [-0.25, -0.2) is 5.11 Å². The molecule has 0 N–H and O–H groups in total. The van der Waals surface area contributed by atoms with Crippen LogP contribution in [0.25, 0.3) is 0 Å². The van der Waals surface area contributed by atoms with Gasteiger partial charge in [0.05, 0.1) is 20.8 Å². The first-order valence-electron chi connectivity index (χ1n) is 4.11. The van der Waals surface area contributed by atoms with Gasteiger partial charge in [-0.2, -0.15) is 0 Å². The van der Waals surface area contributed by atoms with Crippen LogP contribution < -0.4 is 9.47 Å². The molecule has 1 aromatic rings. The van der Waals surface area contributed by atoms with E-state index in [2.05, 4.69) is 0 Å². The summed E-state index contributed by atoms with van der Waals surface area (Å²) < 4.78 is 10.2. The lowest BCUT2D eigenvalue weighted by Crippen LogP contribution is -1.94. The molecule has 0 aliphatic heterocycles. The molecule has 13 heavy (non-hydrogen) atoms. The Morgan fingerprint density at radius 1 is 1.15 bits per heavy atom. The predicted octanol–water partition coefficient (Wildman–Crippen LogP) is 1.68. The van der Waals surface area contributed by atoms with Crippen LogP contribution in [0.4, 0.5) is 0 Å². The van der Waals surface area contributed by atoms with Crippen LogP contribution in [-0.4, -0.2) is 20.8 Å². The molecule has 71 valence electrons. The molecular weight excluding hydrogens is 168 g/mol. The fraction of sp³-hybridized carbons (Fsp3) is 0.400. The van der Waals surface area contributed by atoms with Crippen LogP contribution in [0.15, 0.2) is 18.2 Å². The Morgan fingerprint density at radius 3 is 2.38 bits per heavy atom. The smallest absolute Gasteiger partial charge is 0.160 e. The minimum absolute atomic E-state index is 0.102. The van der Waals surface area contributed by atoms with Gasteiger partial charge in [0.2, 0.25) is 0 Å². The molecule has 0 atom stereocenters. The fourth-order valence-electron chi connectivity index (χ4n) is 1.15. The van der Waals surface area contributed by atoms with Crippen LogP contribution in [0.3, 0.4) is 0 Å². The Bertz CT molecular complexity index is 271. The topological polar surface area (TPSA) is 38.4 Å². The summed E-state index contributed by atoms with van der Waals surface area (Å²) in [6.07, 6.45) is 0.528. The number of rotatable bonds is 4. The average molecular weight is 181 g/mol. The van der Waals surface area contributed by atoms with E-state index < -0.39 is 0 Å². The highest BCUT2D eigenvalue weighted by atomic mass is 16.5. The summed E-state index contributed by atoms with van der Waals surface area (Å²) in [4.78, 5) is 0. The predicted molar refractivity (Wildman–Crippen MR) is 48.8 cm³/mol. The fourth-order valence-corrected chi connectivity index (χ4v) is 1.15. The molecule has 0 amide bonds. The zero-order valence-electron chi connectivity index (χ0n) is 7.87. The third kappa shape index (κ3) is 2.36. The molecule has 0 fully saturated rings. The SMILES string of the molecule is COc1ccc(CC[O])cc1OC. The van der Waals surface area contributed by atoms with Gasteiger partial charge in [0, 0.05) is 0 Å². The third-order valence-corrected chi connectivity index (χ3v) is 1.84. The van der Waals surface area contributed by atoms with Crippen molar-refractivity contribution in [2.75, 3.05) is 20.8 Å². The first-order chi connectivity index (χ1) is 6.31. The summed E-state index contributed by atoms with van der Waals surface area (Å²) in [6.45, 7) is -0.102. The van der Waals surface area contributed by atoms with Gasteiger partial charge in [0.1, 0.15) is 0 Å². The number of hydrogen-bond acceptors (Lipinski definition) is 2. The second-order valence-corrected chi connectivity index (χ2v) is 2.64. The van der Waals surface area contributed by atoms with Gasteiger partial charge in [-0.05, 0) is 24.1 Å². The van der Waals surface area contributed by atoms with Crippen LogP contribution in [0, 0.1) is 0 Å². The highest BCUT2D eigenvalue weighted by molar-refractivity contribution is 5.42. The van der Waals surface area contributed by atoms with E-state index in [1.54, 1.807) is 14.2 Å². The summed E-state index contributed by atoms with van der Waals surface area (Å²) in [5.41, 5.74) is 0.979. The van der Waals surface area contributed by atoms with Crippen molar-refractivity contribution in [2.24, 2.45) is 0 Å². The normalized spacial score (nSPS) is 9.77. The van der Waals surface area contributed by atoms with Crippen LogP contribution in [0.2, 0.25) is 0 Å². The van der Waals surface area contributed by atoms with Gasteiger partial charge in [0.15, 0.2) is 11.5 Å². The van der Waals surface area contributed by atoms with Crippen molar-refractivity contribution in [3.05, 3.63) is 23.8 Å². The molecule has 0 unspecified atom stereocenters. The molecule has 0 spiro atoms. The molecule has 3 heteroatoms. The van der Waals surface area contributed by atoms with Crippen LogP contribution in [0.5, 0.6) is 11.5 Å². The zero-order chi connectivity index (χ0) is 9.68. The quantitative estimate of drug-likeness (QED) is 0.708.